The summed E-state index contributed by atoms with van der Waals surface area (Å²) in [6.45, 7) is 5.57. The third-order valence-corrected chi connectivity index (χ3v) is 3.07. The zero-order valence-corrected chi connectivity index (χ0v) is 13.6. The van der Waals surface area contributed by atoms with Crippen LogP contribution in [0.15, 0.2) is 18.2 Å². The summed E-state index contributed by atoms with van der Waals surface area (Å²) in [5, 5.41) is 14.5. The molecule has 0 aromatic heterocycles. The van der Waals surface area contributed by atoms with Crippen molar-refractivity contribution in [2.75, 3.05) is 13.2 Å². The molecule has 2 atom stereocenters. The van der Waals surface area contributed by atoms with Crippen molar-refractivity contribution in [3.63, 3.8) is 0 Å². The van der Waals surface area contributed by atoms with Crippen molar-refractivity contribution < 1.29 is 23.4 Å². The number of hydrogen-bond donors (Lipinski definition) is 3. The van der Waals surface area contributed by atoms with Crippen molar-refractivity contribution in [1.29, 1.82) is 0 Å². The number of rotatable bonds is 8. The molecule has 23 heavy (non-hydrogen) atoms. The Balaban J connectivity index is 2.40. The van der Waals surface area contributed by atoms with Gasteiger partial charge in [0.15, 0.2) is 11.6 Å². The van der Waals surface area contributed by atoms with Gasteiger partial charge in [0.1, 0.15) is 12.4 Å². The minimum Gasteiger partial charge on any atom is -0.488 e. The van der Waals surface area contributed by atoms with E-state index in [4.69, 9.17) is 4.74 Å². The molecule has 0 bridgehead atoms. The Hall–Kier alpha value is -1.89. The Kier molecular flexibility index (Phi) is 7.74. The molecule has 5 nitrogen and oxygen atoms in total. The number of urea groups is 1. The van der Waals surface area contributed by atoms with Crippen molar-refractivity contribution in [2.24, 2.45) is 5.92 Å². The molecule has 2 amide bonds. The largest absolute Gasteiger partial charge is 0.488 e. The maximum absolute atomic E-state index is 13.4. The van der Waals surface area contributed by atoms with Gasteiger partial charge in [-0.05, 0) is 31.4 Å². The lowest BCUT2D eigenvalue weighted by Gasteiger charge is -2.21. The van der Waals surface area contributed by atoms with Crippen LogP contribution in [0.25, 0.3) is 0 Å². The van der Waals surface area contributed by atoms with Gasteiger partial charge in [-0.1, -0.05) is 13.8 Å². The highest BCUT2D eigenvalue weighted by molar-refractivity contribution is 5.74. The number of hydrogen-bond acceptors (Lipinski definition) is 3. The summed E-state index contributed by atoms with van der Waals surface area (Å²) in [6.07, 6.45) is 0.662. The summed E-state index contributed by atoms with van der Waals surface area (Å²) in [6, 6.07) is 1.89. The minimum absolute atomic E-state index is 0.0317. The van der Waals surface area contributed by atoms with E-state index < -0.39 is 23.7 Å². The molecule has 0 radical (unpaired) electrons. The molecule has 7 heteroatoms. The second-order valence-corrected chi connectivity index (χ2v) is 5.91. The van der Waals surface area contributed by atoms with Crippen LogP contribution in [0, 0.1) is 17.6 Å². The fourth-order valence-electron chi connectivity index (χ4n) is 2.05. The van der Waals surface area contributed by atoms with E-state index >= 15 is 0 Å². The van der Waals surface area contributed by atoms with Crippen LogP contribution in [0.3, 0.4) is 0 Å². The number of nitrogens with one attached hydrogen (secondary N) is 2. The molecular weight excluding hydrogens is 306 g/mol. The zero-order valence-electron chi connectivity index (χ0n) is 13.6. The Morgan fingerprint density at radius 3 is 2.52 bits per heavy atom. The SMILES string of the molecule is CC(C)CC(CO)NC(=O)NC(C)COc1ccc(F)cc1F. The van der Waals surface area contributed by atoms with E-state index in [0.29, 0.717) is 12.3 Å². The molecule has 0 saturated carbocycles. The lowest BCUT2D eigenvalue weighted by molar-refractivity contribution is 0.199. The third-order valence-electron chi connectivity index (χ3n) is 3.07. The maximum Gasteiger partial charge on any atom is 0.315 e. The van der Waals surface area contributed by atoms with E-state index in [2.05, 4.69) is 10.6 Å². The lowest BCUT2D eigenvalue weighted by atomic mass is 10.0. The number of benzene rings is 1. The number of carbonyl (C=O) groups excluding carboxylic acids is 1. The van der Waals surface area contributed by atoms with Gasteiger partial charge >= 0.3 is 6.03 Å². The first-order valence-corrected chi connectivity index (χ1v) is 7.57. The normalized spacial score (nSPS) is 13.5. The Morgan fingerprint density at radius 1 is 1.26 bits per heavy atom. The smallest absolute Gasteiger partial charge is 0.315 e. The monoisotopic (exact) mass is 330 g/mol. The second kappa shape index (κ2) is 9.29. The van der Waals surface area contributed by atoms with Crippen LogP contribution in [-0.4, -0.2) is 36.4 Å². The van der Waals surface area contributed by atoms with E-state index in [0.717, 1.165) is 12.1 Å². The molecule has 0 saturated heterocycles. The lowest BCUT2D eigenvalue weighted by Crippen LogP contribution is -2.48. The highest BCUT2D eigenvalue weighted by Gasteiger charge is 2.15. The molecule has 2 unspecified atom stereocenters. The van der Waals surface area contributed by atoms with Crippen LogP contribution < -0.4 is 15.4 Å². The first-order chi connectivity index (χ1) is 10.8. The summed E-state index contributed by atoms with van der Waals surface area (Å²) in [5.74, 6) is -1.21. The quantitative estimate of drug-likeness (QED) is 0.686. The van der Waals surface area contributed by atoms with Crippen molar-refractivity contribution in [3.8, 4) is 5.75 Å². The van der Waals surface area contributed by atoms with Gasteiger partial charge in [-0.15, -0.1) is 0 Å². The van der Waals surface area contributed by atoms with Gasteiger partial charge in [0.25, 0.3) is 0 Å². The number of aliphatic hydroxyl groups is 1. The average Bonchev–Trinajstić information content (AvgIpc) is 2.44. The van der Waals surface area contributed by atoms with Gasteiger partial charge in [0.05, 0.1) is 18.7 Å². The highest BCUT2D eigenvalue weighted by atomic mass is 19.1. The number of ether oxygens (including phenoxy) is 1. The van der Waals surface area contributed by atoms with Gasteiger partial charge in [0.2, 0.25) is 0 Å². The summed E-state index contributed by atoms with van der Waals surface area (Å²) in [5.41, 5.74) is 0. The molecule has 3 N–H and O–H groups in total. The maximum atomic E-state index is 13.4. The molecule has 0 heterocycles. The van der Waals surface area contributed by atoms with Gasteiger partial charge < -0.3 is 20.5 Å². The number of aliphatic hydroxyl groups excluding tert-OH is 1. The standard InChI is InChI=1S/C16H24F2N2O3/c1-10(2)6-13(8-21)20-16(22)19-11(3)9-23-15-5-4-12(17)7-14(15)18/h4-5,7,10-11,13,21H,6,8-9H2,1-3H3,(H2,19,20,22). The van der Waals surface area contributed by atoms with Gasteiger partial charge in [0, 0.05) is 6.07 Å². The Bertz CT molecular complexity index is 512. The first-order valence-electron chi connectivity index (χ1n) is 7.57. The predicted octanol–water partition coefficient (Wildman–Crippen LogP) is 2.44. The van der Waals surface area contributed by atoms with E-state index in [-0.39, 0.29) is 25.0 Å². The Labute approximate surface area is 135 Å². The topological polar surface area (TPSA) is 70.6 Å². The zero-order chi connectivity index (χ0) is 17.4. The first kappa shape index (κ1) is 19.2. The fourth-order valence-corrected chi connectivity index (χ4v) is 2.05. The predicted molar refractivity (Wildman–Crippen MR) is 83.3 cm³/mol. The highest BCUT2D eigenvalue weighted by Crippen LogP contribution is 2.17. The molecule has 0 aliphatic heterocycles. The number of halogens is 2. The number of amides is 2. The minimum atomic E-state index is -0.793. The van der Waals surface area contributed by atoms with Crippen LogP contribution >= 0.6 is 0 Å². The average molecular weight is 330 g/mol. The summed E-state index contributed by atoms with van der Waals surface area (Å²) in [7, 11) is 0. The summed E-state index contributed by atoms with van der Waals surface area (Å²) >= 11 is 0. The van der Waals surface area contributed by atoms with Crippen molar-refractivity contribution in [2.45, 2.75) is 39.3 Å². The molecule has 0 aliphatic rings. The van der Waals surface area contributed by atoms with E-state index in [9.17, 15) is 18.7 Å². The van der Waals surface area contributed by atoms with E-state index in [1.54, 1.807) is 6.92 Å². The molecule has 1 aromatic carbocycles. The van der Waals surface area contributed by atoms with E-state index in [1.165, 1.54) is 6.07 Å². The Morgan fingerprint density at radius 2 is 1.96 bits per heavy atom. The summed E-state index contributed by atoms with van der Waals surface area (Å²) in [4.78, 5) is 11.8. The van der Waals surface area contributed by atoms with Crippen LogP contribution in [0.2, 0.25) is 0 Å². The van der Waals surface area contributed by atoms with Crippen LogP contribution in [0.4, 0.5) is 13.6 Å². The van der Waals surface area contributed by atoms with Crippen molar-refractivity contribution in [3.05, 3.63) is 29.8 Å². The second-order valence-electron chi connectivity index (χ2n) is 5.91. The van der Waals surface area contributed by atoms with E-state index in [1.807, 2.05) is 13.8 Å². The van der Waals surface area contributed by atoms with Crippen LogP contribution in [0.1, 0.15) is 27.2 Å². The third kappa shape index (κ3) is 7.27. The van der Waals surface area contributed by atoms with Gasteiger partial charge in [-0.25, -0.2) is 13.6 Å². The number of carbonyl (C=O) groups is 1. The van der Waals surface area contributed by atoms with Crippen LogP contribution in [-0.2, 0) is 0 Å². The molecule has 1 rings (SSSR count). The van der Waals surface area contributed by atoms with Gasteiger partial charge in [-0.3, -0.25) is 0 Å². The molecule has 0 aliphatic carbocycles. The molecule has 0 spiro atoms. The van der Waals surface area contributed by atoms with Gasteiger partial charge in [-0.2, -0.15) is 0 Å². The molecule has 1 aromatic rings. The van der Waals surface area contributed by atoms with Crippen molar-refractivity contribution >= 4 is 6.03 Å². The van der Waals surface area contributed by atoms with Crippen molar-refractivity contribution in [1.82, 2.24) is 10.6 Å². The molecule has 130 valence electrons. The molecular formula is C16H24F2N2O3. The fraction of sp³-hybridized carbons (Fsp3) is 0.562. The van der Waals surface area contributed by atoms with Crippen LogP contribution in [0.5, 0.6) is 5.75 Å². The molecule has 0 fully saturated rings. The summed E-state index contributed by atoms with van der Waals surface area (Å²) < 4.78 is 31.4.